The minimum absolute atomic E-state index is 0.109. The van der Waals surface area contributed by atoms with Crippen molar-refractivity contribution in [3.8, 4) is 17.1 Å². The summed E-state index contributed by atoms with van der Waals surface area (Å²) >= 11 is 7.94. The molecule has 7 heteroatoms. The molecule has 0 bridgehead atoms. The van der Waals surface area contributed by atoms with Crippen molar-refractivity contribution in [1.82, 2.24) is 14.9 Å². The standard InChI is InChI=1S/C19H17ClN4OS/c1-12(2)25-14-7-5-6-13(10-14)18-21-22-19-24(18)23-17(11-26-19)15-8-3-4-9-16(15)20/h3-10,12H,11H2,1-2H3. The first-order chi connectivity index (χ1) is 12.6. The van der Waals surface area contributed by atoms with Crippen LogP contribution in [0.15, 0.2) is 58.8 Å². The Bertz CT molecular complexity index is 983. The highest BCUT2D eigenvalue weighted by atomic mass is 35.5. The van der Waals surface area contributed by atoms with Crippen molar-refractivity contribution in [2.45, 2.75) is 25.1 Å². The number of thioether (sulfide) groups is 1. The molecule has 3 aromatic rings. The maximum atomic E-state index is 6.34. The number of benzene rings is 2. The predicted octanol–water partition coefficient (Wildman–Crippen LogP) is 4.74. The molecule has 0 atom stereocenters. The van der Waals surface area contributed by atoms with Crippen LogP contribution in [0.2, 0.25) is 5.02 Å². The maximum Gasteiger partial charge on any atom is 0.212 e. The molecule has 0 spiro atoms. The van der Waals surface area contributed by atoms with E-state index >= 15 is 0 Å². The molecule has 0 saturated carbocycles. The van der Waals surface area contributed by atoms with Crippen LogP contribution in [0.4, 0.5) is 0 Å². The van der Waals surface area contributed by atoms with Crippen molar-refractivity contribution in [3.05, 3.63) is 59.1 Å². The number of nitrogens with zero attached hydrogens (tertiary/aromatic N) is 4. The van der Waals surface area contributed by atoms with E-state index in [1.165, 1.54) is 0 Å². The molecule has 2 heterocycles. The monoisotopic (exact) mass is 384 g/mol. The van der Waals surface area contributed by atoms with Crippen LogP contribution >= 0.6 is 23.4 Å². The lowest BCUT2D eigenvalue weighted by atomic mass is 10.1. The highest BCUT2D eigenvalue weighted by molar-refractivity contribution is 7.99. The zero-order valence-electron chi connectivity index (χ0n) is 14.4. The minimum atomic E-state index is 0.109. The van der Waals surface area contributed by atoms with Gasteiger partial charge in [0.1, 0.15) is 5.75 Å². The molecule has 132 valence electrons. The van der Waals surface area contributed by atoms with Crippen LogP contribution in [0.1, 0.15) is 19.4 Å². The van der Waals surface area contributed by atoms with Crippen LogP contribution in [0, 0.1) is 0 Å². The first-order valence-electron chi connectivity index (χ1n) is 8.30. The van der Waals surface area contributed by atoms with E-state index in [4.69, 9.17) is 21.4 Å². The second-order valence-electron chi connectivity index (χ2n) is 6.13. The Morgan fingerprint density at radius 2 is 1.96 bits per heavy atom. The molecule has 4 rings (SSSR count). The Kier molecular flexibility index (Phi) is 4.70. The Morgan fingerprint density at radius 3 is 2.77 bits per heavy atom. The van der Waals surface area contributed by atoms with E-state index in [1.807, 2.05) is 62.4 Å². The summed E-state index contributed by atoms with van der Waals surface area (Å²) in [5.74, 6) is 2.19. The molecule has 0 aliphatic carbocycles. The lowest BCUT2D eigenvalue weighted by Crippen LogP contribution is -2.14. The number of halogens is 1. The SMILES string of the molecule is CC(C)Oc1cccc(-c2nnc3n2N=C(c2ccccc2Cl)CS3)c1. The van der Waals surface area contributed by atoms with Crippen molar-refractivity contribution in [2.24, 2.45) is 5.10 Å². The molecule has 1 aliphatic rings. The normalized spacial score (nSPS) is 13.5. The topological polar surface area (TPSA) is 52.3 Å². The smallest absolute Gasteiger partial charge is 0.212 e. The third-order valence-electron chi connectivity index (χ3n) is 3.82. The van der Waals surface area contributed by atoms with Crippen LogP contribution in [-0.4, -0.2) is 32.4 Å². The zero-order valence-corrected chi connectivity index (χ0v) is 16.0. The summed E-state index contributed by atoms with van der Waals surface area (Å²) in [6, 6.07) is 15.6. The maximum absolute atomic E-state index is 6.34. The van der Waals surface area contributed by atoms with Gasteiger partial charge in [-0.2, -0.15) is 9.78 Å². The zero-order chi connectivity index (χ0) is 18.1. The number of fused-ring (bicyclic) bond motifs is 1. The minimum Gasteiger partial charge on any atom is -0.491 e. The molecule has 0 amide bonds. The summed E-state index contributed by atoms with van der Waals surface area (Å²) in [5.41, 5.74) is 2.75. The van der Waals surface area contributed by atoms with E-state index in [2.05, 4.69) is 10.2 Å². The quantitative estimate of drug-likeness (QED) is 0.651. The molecule has 5 nitrogen and oxygen atoms in total. The predicted molar refractivity (Wildman–Crippen MR) is 105 cm³/mol. The van der Waals surface area contributed by atoms with Gasteiger partial charge in [0.05, 0.1) is 11.8 Å². The van der Waals surface area contributed by atoms with Crippen molar-refractivity contribution in [1.29, 1.82) is 0 Å². The lowest BCUT2D eigenvalue weighted by molar-refractivity contribution is 0.242. The molecule has 1 aromatic heterocycles. The Morgan fingerprint density at radius 1 is 1.12 bits per heavy atom. The third kappa shape index (κ3) is 3.34. The van der Waals surface area contributed by atoms with Gasteiger partial charge >= 0.3 is 0 Å². The van der Waals surface area contributed by atoms with E-state index in [0.717, 1.165) is 27.7 Å². The Balaban J connectivity index is 1.75. The van der Waals surface area contributed by atoms with Gasteiger partial charge in [-0.25, -0.2) is 0 Å². The molecular formula is C19H17ClN4OS. The summed E-state index contributed by atoms with van der Waals surface area (Å²) < 4.78 is 7.57. The van der Waals surface area contributed by atoms with E-state index in [-0.39, 0.29) is 6.10 Å². The average Bonchev–Trinajstić information content (AvgIpc) is 3.05. The summed E-state index contributed by atoms with van der Waals surface area (Å²) in [6.45, 7) is 4.00. The Labute approximate surface area is 161 Å². The number of rotatable bonds is 4. The number of hydrogen-bond donors (Lipinski definition) is 0. The van der Waals surface area contributed by atoms with Crippen molar-refractivity contribution >= 4 is 29.1 Å². The van der Waals surface area contributed by atoms with Crippen molar-refractivity contribution < 1.29 is 4.74 Å². The van der Waals surface area contributed by atoms with Gasteiger partial charge in [0.15, 0.2) is 5.82 Å². The first kappa shape index (κ1) is 17.1. The van der Waals surface area contributed by atoms with E-state index in [1.54, 1.807) is 16.4 Å². The summed E-state index contributed by atoms with van der Waals surface area (Å²) in [6.07, 6.45) is 0.109. The van der Waals surface area contributed by atoms with E-state index in [0.29, 0.717) is 16.6 Å². The molecule has 26 heavy (non-hydrogen) atoms. The molecule has 0 fully saturated rings. The van der Waals surface area contributed by atoms with Gasteiger partial charge in [-0.1, -0.05) is 53.7 Å². The second kappa shape index (κ2) is 7.13. The first-order valence-corrected chi connectivity index (χ1v) is 9.66. The summed E-state index contributed by atoms with van der Waals surface area (Å²) in [5, 5.41) is 14.8. The highest BCUT2D eigenvalue weighted by Crippen LogP contribution is 2.31. The molecule has 0 radical (unpaired) electrons. The van der Waals surface area contributed by atoms with Gasteiger partial charge in [0.2, 0.25) is 5.16 Å². The average molecular weight is 385 g/mol. The van der Waals surface area contributed by atoms with Gasteiger partial charge in [0, 0.05) is 21.9 Å². The van der Waals surface area contributed by atoms with E-state index < -0.39 is 0 Å². The second-order valence-corrected chi connectivity index (χ2v) is 7.48. The van der Waals surface area contributed by atoms with Crippen LogP contribution in [0.5, 0.6) is 5.75 Å². The number of aromatic nitrogens is 3. The van der Waals surface area contributed by atoms with Crippen LogP contribution in [0.25, 0.3) is 11.4 Å². The van der Waals surface area contributed by atoms with Crippen molar-refractivity contribution in [3.63, 3.8) is 0 Å². The van der Waals surface area contributed by atoms with Gasteiger partial charge in [-0.3, -0.25) is 0 Å². The molecule has 0 unspecified atom stereocenters. The van der Waals surface area contributed by atoms with Gasteiger partial charge < -0.3 is 4.74 Å². The molecule has 1 aliphatic heterocycles. The fourth-order valence-corrected chi connectivity index (χ4v) is 3.79. The third-order valence-corrected chi connectivity index (χ3v) is 5.08. The van der Waals surface area contributed by atoms with Gasteiger partial charge in [-0.15, -0.1) is 10.2 Å². The summed E-state index contributed by atoms with van der Waals surface area (Å²) in [7, 11) is 0. The molecule has 0 saturated heterocycles. The Hall–Kier alpha value is -2.31. The molecular weight excluding hydrogens is 368 g/mol. The highest BCUT2D eigenvalue weighted by Gasteiger charge is 2.22. The largest absolute Gasteiger partial charge is 0.491 e. The molecule has 2 aromatic carbocycles. The number of ether oxygens (including phenoxy) is 1. The van der Waals surface area contributed by atoms with Crippen LogP contribution < -0.4 is 4.74 Å². The van der Waals surface area contributed by atoms with Crippen molar-refractivity contribution in [2.75, 3.05) is 5.75 Å². The van der Waals surface area contributed by atoms with E-state index in [9.17, 15) is 0 Å². The number of hydrogen-bond acceptors (Lipinski definition) is 5. The fraction of sp³-hybridized carbons (Fsp3) is 0.211. The molecule has 0 N–H and O–H groups in total. The van der Waals surface area contributed by atoms with Crippen LogP contribution in [-0.2, 0) is 0 Å². The summed E-state index contributed by atoms with van der Waals surface area (Å²) in [4.78, 5) is 0. The lowest BCUT2D eigenvalue weighted by Gasteiger charge is -2.15. The van der Waals surface area contributed by atoms with Gasteiger partial charge in [-0.05, 0) is 32.0 Å². The fourth-order valence-electron chi connectivity index (χ4n) is 2.72. The van der Waals surface area contributed by atoms with Crippen LogP contribution in [0.3, 0.4) is 0 Å². The van der Waals surface area contributed by atoms with Gasteiger partial charge in [0.25, 0.3) is 0 Å².